The first-order valence-corrected chi connectivity index (χ1v) is 9.31. The SMILES string of the molecule is COc1ccc(-c2oc3ccccc3c(=O)c2OC(=O)/C=C/c2ccccc2)cc1. The molecule has 0 N–H and O–H groups in total. The number of methoxy groups -OCH3 is 1. The van der Waals surface area contributed by atoms with Crippen molar-refractivity contribution in [3.63, 3.8) is 0 Å². The predicted octanol–water partition coefficient (Wildman–Crippen LogP) is 5.09. The van der Waals surface area contributed by atoms with Gasteiger partial charge < -0.3 is 13.9 Å². The maximum atomic E-state index is 13.1. The van der Waals surface area contributed by atoms with E-state index < -0.39 is 11.4 Å². The van der Waals surface area contributed by atoms with Crippen LogP contribution in [0.5, 0.6) is 11.5 Å². The van der Waals surface area contributed by atoms with Crippen LogP contribution in [0.3, 0.4) is 0 Å². The normalized spacial score (nSPS) is 11.0. The van der Waals surface area contributed by atoms with Crippen LogP contribution in [0.1, 0.15) is 5.56 Å². The molecule has 0 amide bonds. The highest BCUT2D eigenvalue weighted by molar-refractivity contribution is 5.91. The van der Waals surface area contributed by atoms with E-state index in [4.69, 9.17) is 13.9 Å². The zero-order valence-corrected chi connectivity index (χ0v) is 16.2. The van der Waals surface area contributed by atoms with Gasteiger partial charge in [-0.1, -0.05) is 42.5 Å². The molecule has 5 nitrogen and oxygen atoms in total. The van der Waals surface area contributed by atoms with Gasteiger partial charge in [-0.2, -0.15) is 0 Å². The second-order valence-electron chi connectivity index (χ2n) is 6.48. The molecule has 0 fully saturated rings. The second kappa shape index (κ2) is 8.49. The van der Waals surface area contributed by atoms with E-state index in [1.807, 2.05) is 30.3 Å². The molecule has 0 aliphatic heterocycles. The van der Waals surface area contributed by atoms with Gasteiger partial charge in [0.15, 0.2) is 5.76 Å². The fraction of sp³-hybridized carbons (Fsp3) is 0.0400. The van der Waals surface area contributed by atoms with Crippen LogP contribution < -0.4 is 14.9 Å². The van der Waals surface area contributed by atoms with Crippen molar-refractivity contribution in [2.24, 2.45) is 0 Å². The molecule has 30 heavy (non-hydrogen) atoms. The largest absolute Gasteiger partial charge is 0.497 e. The third-order valence-electron chi connectivity index (χ3n) is 4.52. The van der Waals surface area contributed by atoms with Crippen LogP contribution in [0.2, 0.25) is 0 Å². The fourth-order valence-electron chi connectivity index (χ4n) is 3.01. The summed E-state index contributed by atoms with van der Waals surface area (Å²) in [6.45, 7) is 0. The first kappa shape index (κ1) is 19.2. The Kier molecular flexibility index (Phi) is 5.44. The van der Waals surface area contributed by atoms with E-state index in [2.05, 4.69) is 0 Å². The molecule has 1 heterocycles. The molecule has 0 aliphatic carbocycles. The number of hydrogen-bond donors (Lipinski definition) is 0. The highest BCUT2D eigenvalue weighted by Crippen LogP contribution is 2.32. The molecule has 0 atom stereocenters. The average molecular weight is 398 g/mol. The monoisotopic (exact) mass is 398 g/mol. The lowest BCUT2D eigenvalue weighted by atomic mass is 10.1. The predicted molar refractivity (Wildman–Crippen MR) is 116 cm³/mol. The third kappa shape index (κ3) is 4.00. The van der Waals surface area contributed by atoms with E-state index in [-0.39, 0.29) is 11.5 Å². The van der Waals surface area contributed by atoms with Gasteiger partial charge in [-0.25, -0.2) is 4.79 Å². The molecule has 0 saturated heterocycles. The minimum absolute atomic E-state index is 0.151. The minimum atomic E-state index is -0.670. The van der Waals surface area contributed by atoms with Gasteiger partial charge in [0.25, 0.3) is 0 Å². The summed E-state index contributed by atoms with van der Waals surface area (Å²) < 4.78 is 16.6. The number of hydrogen-bond acceptors (Lipinski definition) is 5. The Morgan fingerprint density at radius 1 is 0.900 bits per heavy atom. The van der Waals surface area contributed by atoms with Crippen molar-refractivity contribution in [2.75, 3.05) is 7.11 Å². The maximum absolute atomic E-state index is 13.1. The quantitative estimate of drug-likeness (QED) is 0.346. The summed E-state index contributed by atoms with van der Waals surface area (Å²) in [5.41, 5.74) is 1.43. The molecular formula is C25H18O5. The molecule has 4 rings (SSSR count). The van der Waals surface area contributed by atoms with E-state index in [0.717, 1.165) is 5.56 Å². The number of benzene rings is 3. The van der Waals surface area contributed by atoms with Gasteiger partial charge in [0.1, 0.15) is 11.3 Å². The molecule has 0 unspecified atom stereocenters. The lowest BCUT2D eigenvalue weighted by Crippen LogP contribution is -2.14. The molecule has 3 aromatic carbocycles. The van der Waals surface area contributed by atoms with Gasteiger partial charge in [-0.05, 0) is 48.0 Å². The summed E-state index contributed by atoms with van der Waals surface area (Å²) in [4.78, 5) is 25.5. The van der Waals surface area contributed by atoms with Crippen LogP contribution in [-0.2, 0) is 4.79 Å². The zero-order chi connectivity index (χ0) is 20.9. The number of ether oxygens (including phenoxy) is 2. The lowest BCUT2D eigenvalue weighted by Gasteiger charge is -2.10. The molecule has 5 heteroatoms. The molecule has 0 spiro atoms. The Morgan fingerprint density at radius 2 is 1.60 bits per heavy atom. The average Bonchev–Trinajstić information content (AvgIpc) is 2.80. The van der Waals surface area contributed by atoms with E-state index in [0.29, 0.717) is 22.3 Å². The van der Waals surface area contributed by atoms with Crippen molar-refractivity contribution in [1.29, 1.82) is 0 Å². The fourth-order valence-corrected chi connectivity index (χ4v) is 3.01. The van der Waals surface area contributed by atoms with Gasteiger partial charge in [-0.3, -0.25) is 4.79 Å². The molecule has 148 valence electrons. The summed E-state index contributed by atoms with van der Waals surface area (Å²) in [5.74, 6) is 0.0202. The molecule has 0 bridgehead atoms. The first-order chi connectivity index (χ1) is 14.7. The topological polar surface area (TPSA) is 65.7 Å². The summed E-state index contributed by atoms with van der Waals surface area (Å²) in [5, 5.41) is 0.338. The Bertz CT molecular complexity index is 1270. The van der Waals surface area contributed by atoms with Gasteiger partial charge in [0, 0.05) is 11.6 Å². The Hall–Kier alpha value is -4.12. The number of esters is 1. The van der Waals surface area contributed by atoms with Crippen molar-refractivity contribution in [3.8, 4) is 22.8 Å². The van der Waals surface area contributed by atoms with Crippen LogP contribution in [0, 0.1) is 0 Å². The first-order valence-electron chi connectivity index (χ1n) is 9.31. The van der Waals surface area contributed by atoms with E-state index in [1.165, 1.54) is 6.08 Å². The summed E-state index contributed by atoms with van der Waals surface area (Å²) in [7, 11) is 1.57. The van der Waals surface area contributed by atoms with Crippen molar-refractivity contribution >= 4 is 23.0 Å². The van der Waals surface area contributed by atoms with Crippen molar-refractivity contribution in [2.45, 2.75) is 0 Å². The van der Waals surface area contributed by atoms with Crippen LogP contribution in [-0.4, -0.2) is 13.1 Å². The number of fused-ring (bicyclic) bond motifs is 1. The number of carbonyl (C=O) groups is 1. The van der Waals surface area contributed by atoms with Crippen LogP contribution in [0.4, 0.5) is 0 Å². The van der Waals surface area contributed by atoms with Gasteiger partial charge in [-0.15, -0.1) is 0 Å². The highest BCUT2D eigenvalue weighted by atomic mass is 16.5. The van der Waals surface area contributed by atoms with Gasteiger partial charge in [0.2, 0.25) is 11.2 Å². The molecule has 0 saturated carbocycles. The third-order valence-corrected chi connectivity index (χ3v) is 4.52. The van der Waals surface area contributed by atoms with Crippen LogP contribution >= 0.6 is 0 Å². The Balaban J connectivity index is 1.76. The van der Waals surface area contributed by atoms with Crippen molar-refractivity contribution in [1.82, 2.24) is 0 Å². The lowest BCUT2D eigenvalue weighted by molar-refractivity contribution is -0.129. The van der Waals surface area contributed by atoms with Crippen molar-refractivity contribution in [3.05, 3.63) is 101 Å². The van der Waals surface area contributed by atoms with E-state index in [1.54, 1.807) is 61.7 Å². The highest BCUT2D eigenvalue weighted by Gasteiger charge is 2.19. The van der Waals surface area contributed by atoms with E-state index in [9.17, 15) is 9.59 Å². The number of carbonyl (C=O) groups excluding carboxylic acids is 1. The van der Waals surface area contributed by atoms with E-state index >= 15 is 0 Å². The zero-order valence-electron chi connectivity index (χ0n) is 16.2. The second-order valence-corrected chi connectivity index (χ2v) is 6.48. The summed E-state index contributed by atoms with van der Waals surface area (Å²) in [6, 6.07) is 23.1. The molecule has 0 radical (unpaired) electrons. The van der Waals surface area contributed by atoms with Gasteiger partial charge in [0.05, 0.1) is 12.5 Å². The standard InChI is InChI=1S/C25H18O5/c1-28-19-14-12-18(13-15-19)24-25(23(27)20-9-5-6-10-21(20)29-24)30-22(26)16-11-17-7-3-2-4-8-17/h2-16H,1H3/b16-11+. The number of rotatable bonds is 5. The van der Waals surface area contributed by atoms with Gasteiger partial charge >= 0.3 is 5.97 Å². The number of para-hydroxylation sites is 1. The molecule has 1 aromatic heterocycles. The maximum Gasteiger partial charge on any atom is 0.336 e. The van der Waals surface area contributed by atoms with Crippen molar-refractivity contribution < 1.29 is 18.7 Å². The molecular weight excluding hydrogens is 380 g/mol. The smallest absolute Gasteiger partial charge is 0.336 e. The Labute approximate surface area is 172 Å². The van der Waals surface area contributed by atoms with Crippen LogP contribution in [0.15, 0.2) is 94.2 Å². The Morgan fingerprint density at radius 3 is 2.33 bits per heavy atom. The molecule has 4 aromatic rings. The summed E-state index contributed by atoms with van der Waals surface area (Å²) >= 11 is 0. The minimum Gasteiger partial charge on any atom is -0.497 e. The summed E-state index contributed by atoms with van der Waals surface area (Å²) in [6.07, 6.45) is 2.90. The van der Waals surface area contributed by atoms with Crippen LogP contribution in [0.25, 0.3) is 28.4 Å². The molecule has 0 aliphatic rings.